The van der Waals surface area contributed by atoms with Gasteiger partial charge in [0.25, 0.3) is 5.91 Å². The lowest BCUT2D eigenvalue weighted by Gasteiger charge is -2.16. The van der Waals surface area contributed by atoms with Gasteiger partial charge in [-0.05, 0) is 31.9 Å². The molecule has 1 atom stereocenters. The van der Waals surface area contributed by atoms with Crippen molar-refractivity contribution in [2.75, 3.05) is 11.1 Å². The third-order valence-corrected chi connectivity index (χ3v) is 3.34. The fourth-order valence-electron chi connectivity index (χ4n) is 2.01. The lowest BCUT2D eigenvalue weighted by atomic mass is 10.1. The van der Waals surface area contributed by atoms with E-state index in [1.54, 1.807) is 45.0 Å². The minimum atomic E-state index is -0.945. The molecule has 2 aromatic rings. The fourth-order valence-corrected chi connectivity index (χ4v) is 2.01. The molecular formula is C16H19N3O4. The van der Waals surface area contributed by atoms with Crippen LogP contribution in [-0.2, 0) is 9.53 Å². The monoisotopic (exact) mass is 317 g/mol. The van der Waals surface area contributed by atoms with E-state index in [4.69, 9.17) is 15.0 Å². The molecule has 0 bridgehead atoms. The number of nitrogens with one attached hydrogen (secondary N) is 1. The Morgan fingerprint density at radius 1 is 1.39 bits per heavy atom. The van der Waals surface area contributed by atoms with E-state index in [2.05, 4.69) is 10.5 Å². The molecule has 0 saturated carbocycles. The molecule has 0 saturated heterocycles. The number of aromatic nitrogens is 1. The van der Waals surface area contributed by atoms with Gasteiger partial charge in [0.15, 0.2) is 11.9 Å². The quantitative estimate of drug-likeness (QED) is 0.648. The Hall–Kier alpha value is -2.83. The van der Waals surface area contributed by atoms with Crippen LogP contribution >= 0.6 is 0 Å². The van der Waals surface area contributed by atoms with Gasteiger partial charge in [-0.25, -0.2) is 4.79 Å². The Kier molecular flexibility index (Phi) is 5.00. The number of carbonyl (C=O) groups is 2. The largest absolute Gasteiger partial charge is 0.449 e. The van der Waals surface area contributed by atoms with Gasteiger partial charge in [0, 0.05) is 11.8 Å². The van der Waals surface area contributed by atoms with Crippen LogP contribution < -0.4 is 11.1 Å². The minimum Gasteiger partial charge on any atom is -0.449 e. The molecule has 0 fully saturated rings. The number of nitrogen functional groups attached to an aromatic ring is 1. The SMILES string of the molecule is CCC(OC(=O)c1cccc(C)c1N)C(=O)Nc1cc(C)on1. The number of hydrogen-bond donors (Lipinski definition) is 2. The third kappa shape index (κ3) is 3.88. The molecule has 2 rings (SSSR count). The molecule has 1 aromatic carbocycles. The van der Waals surface area contributed by atoms with Crippen LogP contribution in [0.25, 0.3) is 0 Å². The fraction of sp³-hybridized carbons (Fsp3) is 0.312. The maximum Gasteiger partial charge on any atom is 0.341 e. The van der Waals surface area contributed by atoms with Gasteiger partial charge in [-0.15, -0.1) is 0 Å². The number of nitrogens with two attached hydrogens (primary N) is 1. The van der Waals surface area contributed by atoms with E-state index in [9.17, 15) is 9.59 Å². The predicted octanol–water partition coefficient (Wildman–Crippen LogP) is 2.45. The molecule has 122 valence electrons. The number of nitrogens with zero attached hydrogens (tertiary/aromatic N) is 1. The van der Waals surface area contributed by atoms with Gasteiger partial charge in [0.1, 0.15) is 5.76 Å². The summed E-state index contributed by atoms with van der Waals surface area (Å²) in [7, 11) is 0. The molecule has 23 heavy (non-hydrogen) atoms. The lowest BCUT2D eigenvalue weighted by molar-refractivity contribution is -0.124. The van der Waals surface area contributed by atoms with Gasteiger partial charge in [-0.1, -0.05) is 24.2 Å². The zero-order valence-electron chi connectivity index (χ0n) is 13.3. The van der Waals surface area contributed by atoms with Crippen LogP contribution in [0.4, 0.5) is 11.5 Å². The molecule has 7 nitrogen and oxygen atoms in total. The number of ether oxygens (including phenoxy) is 1. The van der Waals surface area contributed by atoms with E-state index in [-0.39, 0.29) is 11.4 Å². The van der Waals surface area contributed by atoms with E-state index in [0.717, 1.165) is 5.56 Å². The highest BCUT2D eigenvalue weighted by atomic mass is 16.5. The van der Waals surface area contributed by atoms with Gasteiger partial charge >= 0.3 is 5.97 Å². The summed E-state index contributed by atoms with van der Waals surface area (Å²) in [4.78, 5) is 24.4. The first-order chi connectivity index (χ1) is 10.9. The number of amides is 1. The second kappa shape index (κ2) is 6.95. The second-order valence-electron chi connectivity index (χ2n) is 5.15. The molecule has 0 spiro atoms. The highest BCUT2D eigenvalue weighted by Crippen LogP contribution is 2.19. The zero-order chi connectivity index (χ0) is 17.0. The van der Waals surface area contributed by atoms with Crippen LogP contribution in [-0.4, -0.2) is 23.1 Å². The number of anilines is 2. The molecule has 0 aliphatic heterocycles. The normalized spacial score (nSPS) is 11.8. The van der Waals surface area contributed by atoms with Gasteiger partial charge in [0.2, 0.25) is 0 Å². The van der Waals surface area contributed by atoms with Crippen molar-refractivity contribution < 1.29 is 18.8 Å². The molecule has 0 aliphatic rings. The van der Waals surface area contributed by atoms with Crippen molar-refractivity contribution in [1.82, 2.24) is 5.16 Å². The summed E-state index contributed by atoms with van der Waals surface area (Å²) in [6, 6.07) is 6.64. The number of para-hydroxylation sites is 1. The number of hydrogen-bond acceptors (Lipinski definition) is 6. The lowest BCUT2D eigenvalue weighted by Crippen LogP contribution is -2.32. The standard InChI is InChI=1S/C16H19N3O4/c1-4-12(15(20)18-13-8-10(3)23-19-13)22-16(21)11-7-5-6-9(2)14(11)17/h5-8,12H,4,17H2,1-3H3,(H,18,19,20). The molecule has 7 heteroatoms. The maximum absolute atomic E-state index is 12.2. The second-order valence-corrected chi connectivity index (χ2v) is 5.15. The Labute approximate surface area is 133 Å². The number of benzene rings is 1. The molecule has 0 aliphatic carbocycles. The zero-order valence-corrected chi connectivity index (χ0v) is 13.3. The molecule has 3 N–H and O–H groups in total. The van der Waals surface area contributed by atoms with Crippen molar-refractivity contribution in [2.45, 2.75) is 33.3 Å². The summed E-state index contributed by atoms with van der Waals surface area (Å²) >= 11 is 0. The van der Waals surface area contributed by atoms with Crippen molar-refractivity contribution in [3.05, 3.63) is 41.2 Å². The van der Waals surface area contributed by atoms with Gasteiger partial charge in [-0.2, -0.15) is 0 Å². The number of esters is 1. The van der Waals surface area contributed by atoms with E-state index in [1.807, 2.05) is 0 Å². The van der Waals surface area contributed by atoms with Gasteiger partial charge in [0.05, 0.1) is 5.56 Å². The number of carbonyl (C=O) groups excluding carboxylic acids is 2. The third-order valence-electron chi connectivity index (χ3n) is 3.34. The van der Waals surface area contributed by atoms with Crippen LogP contribution in [0.1, 0.15) is 35.0 Å². The Morgan fingerprint density at radius 3 is 2.74 bits per heavy atom. The van der Waals surface area contributed by atoms with E-state index in [1.165, 1.54) is 0 Å². The molecule has 0 radical (unpaired) electrons. The van der Waals surface area contributed by atoms with Crippen LogP contribution in [0.2, 0.25) is 0 Å². The van der Waals surface area contributed by atoms with Gasteiger partial charge < -0.3 is 20.3 Å². The molecular weight excluding hydrogens is 298 g/mol. The first-order valence-corrected chi connectivity index (χ1v) is 7.22. The van der Waals surface area contributed by atoms with Crippen molar-refractivity contribution in [3.63, 3.8) is 0 Å². The summed E-state index contributed by atoms with van der Waals surface area (Å²) in [5, 5.41) is 6.21. The summed E-state index contributed by atoms with van der Waals surface area (Å²) in [6.07, 6.45) is -0.625. The summed E-state index contributed by atoms with van der Waals surface area (Å²) in [6.45, 7) is 5.24. The molecule has 1 aromatic heterocycles. The highest BCUT2D eigenvalue weighted by molar-refractivity contribution is 5.99. The first kappa shape index (κ1) is 16.5. The highest BCUT2D eigenvalue weighted by Gasteiger charge is 2.24. The minimum absolute atomic E-state index is 0.244. The van der Waals surface area contributed by atoms with Crippen molar-refractivity contribution in [1.29, 1.82) is 0 Å². The summed E-state index contributed by atoms with van der Waals surface area (Å²) in [5.41, 5.74) is 7.24. The smallest absolute Gasteiger partial charge is 0.341 e. The van der Waals surface area contributed by atoms with Crippen molar-refractivity contribution in [3.8, 4) is 0 Å². The summed E-state index contributed by atoms with van der Waals surface area (Å²) < 4.78 is 10.1. The molecule has 1 amide bonds. The van der Waals surface area contributed by atoms with E-state index < -0.39 is 18.0 Å². The Morgan fingerprint density at radius 2 is 2.13 bits per heavy atom. The van der Waals surface area contributed by atoms with Crippen LogP contribution in [0.3, 0.4) is 0 Å². The summed E-state index contributed by atoms with van der Waals surface area (Å²) in [5.74, 6) is -0.264. The number of aryl methyl sites for hydroxylation is 2. The average molecular weight is 317 g/mol. The average Bonchev–Trinajstić information content (AvgIpc) is 2.92. The van der Waals surface area contributed by atoms with E-state index >= 15 is 0 Å². The van der Waals surface area contributed by atoms with Gasteiger partial charge in [-0.3, -0.25) is 4.79 Å². The topological polar surface area (TPSA) is 107 Å². The van der Waals surface area contributed by atoms with E-state index in [0.29, 0.717) is 17.9 Å². The van der Waals surface area contributed by atoms with Crippen LogP contribution in [0, 0.1) is 13.8 Å². The van der Waals surface area contributed by atoms with Crippen LogP contribution in [0.5, 0.6) is 0 Å². The van der Waals surface area contributed by atoms with Crippen molar-refractivity contribution in [2.24, 2.45) is 0 Å². The number of rotatable bonds is 5. The molecule has 1 heterocycles. The maximum atomic E-state index is 12.2. The van der Waals surface area contributed by atoms with Crippen LogP contribution in [0.15, 0.2) is 28.8 Å². The first-order valence-electron chi connectivity index (χ1n) is 7.22. The Bertz CT molecular complexity index is 724. The van der Waals surface area contributed by atoms with Crippen molar-refractivity contribution >= 4 is 23.4 Å². The molecule has 1 unspecified atom stereocenters. The predicted molar refractivity (Wildman–Crippen MR) is 85.0 cm³/mol. The Balaban J connectivity index is 2.07.